The molecule has 0 radical (unpaired) electrons. The minimum absolute atomic E-state index is 0.202. The molecule has 0 aliphatic carbocycles. The van der Waals surface area contributed by atoms with Gasteiger partial charge in [-0.15, -0.1) is 0 Å². The predicted octanol–water partition coefficient (Wildman–Crippen LogP) is 3.63. The molecule has 0 spiro atoms. The molecule has 1 aliphatic rings. The number of hydrogen-bond donors (Lipinski definition) is 0. The van der Waals surface area contributed by atoms with Crippen LogP contribution in [0.4, 0.5) is 5.13 Å². The molecule has 130 valence electrons. The highest BCUT2D eigenvalue weighted by Crippen LogP contribution is 2.41. The topological polar surface area (TPSA) is 68.7 Å². The zero-order valence-corrected chi connectivity index (χ0v) is 14.9. The summed E-state index contributed by atoms with van der Waals surface area (Å²) in [4.78, 5) is 32.0. The molecule has 7 heteroatoms. The Morgan fingerprint density at radius 2 is 1.73 bits per heavy atom. The van der Waals surface area contributed by atoms with E-state index in [1.807, 2.05) is 30.3 Å². The van der Waals surface area contributed by atoms with Gasteiger partial charge in [0.05, 0.1) is 30.2 Å². The van der Waals surface area contributed by atoms with Gasteiger partial charge >= 0.3 is 0 Å². The third-order valence-electron chi connectivity index (χ3n) is 4.14. The number of benzene rings is 2. The molecule has 2 heterocycles. The Morgan fingerprint density at radius 1 is 0.962 bits per heavy atom. The summed E-state index contributed by atoms with van der Waals surface area (Å²) in [5.41, 5.74) is 1.46. The van der Waals surface area contributed by atoms with Gasteiger partial charge in [0.25, 0.3) is 11.8 Å². The minimum atomic E-state index is -0.463. The number of ether oxygens (including phenoxy) is 2. The summed E-state index contributed by atoms with van der Waals surface area (Å²) in [6, 6.07) is 12.9. The summed E-state index contributed by atoms with van der Waals surface area (Å²) in [6.45, 7) is 0. The van der Waals surface area contributed by atoms with Gasteiger partial charge in [-0.05, 0) is 17.7 Å². The van der Waals surface area contributed by atoms with Crippen LogP contribution in [0.15, 0.2) is 48.7 Å². The fourth-order valence-corrected chi connectivity index (χ4v) is 3.84. The van der Waals surface area contributed by atoms with Crippen LogP contribution < -0.4 is 14.4 Å². The average molecular weight is 366 g/mol. The zero-order valence-electron chi connectivity index (χ0n) is 14.1. The number of thiazole rings is 1. The lowest BCUT2D eigenvalue weighted by Crippen LogP contribution is -2.29. The second-order valence-electron chi connectivity index (χ2n) is 5.54. The van der Waals surface area contributed by atoms with E-state index >= 15 is 0 Å². The molecule has 0 atom stereocenters. The number of aromatic nitrogens is 1. The van der Waals surface area contributed by atoms with Crippen LogP contribution in [-0.4, -0.2) is 31.0 Å². The number of carbonyl (C=O) groups is 2. The fourth-order valence-electron chi connectivity index (χ4n) is 2.92. The molecule has 0 saturated carbocycles. The molecular weight excluding hydrogens is 352 g/mol. The van der Waals surface area contributed by atoms with Crippen LogP contribution in [0.5, 0.6) is 11.5 Å². The van der Waals surface area contributed by atoms with Crippen molar-refractivity contribution in [2.45, 2.75) is 0 Å². The van der Waals surface area contributed by atoms with Gasteiger partial charge in [-0.25, -0.2) is 9.88 Å². The molecule has 1 aromatic heterocycles. The Kier molecular flexibility index (Phi) is 3.93. The van der Waals surface area contributed by atoms with Crippen LogP contribution in [-0.2, 0) is 0 Å². The highest BCUT2D eigenvalue weighted by Gasteiger charge is 2.41. The normalized spacial score (nSPS) is 13.1. The zero-order chi connectivity index (χ0) is 18.3. The molecule has 2 aromatic carbocycles. The number of methoxy groups -OCH3 is 2. The maximum atomic E-state index is 12.9. The number of amides is 2. The van der Waals surface area contributed by atoms with Crippen molar-refractivity contribution in [3.63, 3.8) is 0 Å². The van der Waals surface area contributed by atoms with E-state index in [2.05, 4.69) is 4.98 Å². The van der Waals surface area contributed by atoms with Crippen molar-refractivity contribution >= 4 is 28.3 Å². The van der Waals surface area contributed by atoms with Crippen molar-refractivity contribution in [3.8, 4) is 21.9 Å². The monoisotopic (exact) mass is 366 g/mol. The van der Waals surface area contributed by atoms with E-state index in [1.54, 1.807) is 18.3 Å². The van der Waals surface area contributed by atoms with Crippen molar-refractivity contribution in [3.05, 3.63) is 59.8 Å². The van der Waals surface area contributed by atoms with Gasteiger partial charge < -0.3 is 9.47 Å². The largest absolute Gasteiger partial charge is 0.493 e. The van der Waals surface area contributed by atoms with Gasteiger partial charge in [0.1, 0.15) is 0 Å². The first-order valence-corrected chi connectivity index (χ1v) is 8.62. The van der Waals surface area contributed by atoms with E-state index < -0.39 is 11.8 Å². The number of imide groups is 1. The lowest BCUT2D eigenvalue weighted by molar-refractivity contribution is 0.0925. The molecule has 4 rings (SSSR count). The molecule has 3 aromatic rings. The Labute approximate surface area is 153 Å². The van der Waals surface area contributed by atoms with Gasteiger partial charge in [0, 0.05) is 6.20 Å². The van der Waals surface area contributed by atoms with Gasteiger partial charge in [-0.3, -0.25) is 9.59 Å². The molecule has 26 heavy (non-hydrogen) atoms. The molecule has 0 saturated heterocycles. The second-order valence-corrected chi connectivity index (χ2v) is 6.55. The molecule has 0 bridgehead atoms. The number of anilines is 1. The summed E-state index contributed by atoms with van der Waals surface area (Å²) in [5.74, 6) is -0.223. The number of nitrogens with zero attached hydrogens (tertiary/aromatic N) is 2. The van der Waals surface area contributed by atoms with Crippen LogP contribution in [0, 0.1) is 0 Å². The summed E-state index contributed by atoms with van der Waals surface area (Å²) >= 11 is 1.29. The summed E-state index contributed by atoms with van der Waals surface area (Å²) in [7, 11) is 2.92. The standard InChI is InChI=1S/C19H14N2O4S/c1-24-13-9-8-12-15(16(13)25-2)18(23)21(17(12)22)19-20-10-14(26-19)11-6-4-3-5-7-11/h3-10H,1-2H3. The van der Waals surface area contributed by atoms with E-state index in [1.165, 1.54) is 25.6 Å². The van der Waals surface area contributed by atoms with Crippen LogP contribution >= 0.6 is 11.3 Å². The lowest BCUT2D eigenvalue weighted by atomic mass is 10.1. The molecule has 2 amide bonds. The van der Waals surface area contributed by atoms with Crippen molar-refractivity contribution in [1.29, 1.82) is 0 Å². The van der Waals surface area contributed by atoms with E-state index in [0.717, 1.165) is 15.3 Å². The van der Waals surface area contributed by atoms with E-state index in [-0.39, 0.29) is 16.9 Å². The molecule has 6 nitrogen and oxygen atoms in total. The van der Waals surface area contributed by atoms with Crippen molar-refractivity contribution < 1.29 is 19.1 Å². The molecule has 0 fully saturated rings. The third-order valence-corrected chi connectivity index (χ3v) is 5.17. The smallest absolute Gasteiger partial charge is 0.271 e. The first kappa shape index (κ1) is 16.3. The Hall–Kier alpha value is -3.19. The van der Waals surface area contributed by atoms with Gasteiger partial charge in [-0.2, -0.15) is 0 Å². The van der Waals surface area contributed by atoms with Gasteiger partial charge in [-0.1, -0.05) is 41.7 Å². The fraction of sp³-hybridized carbons (Fsp3) is 0.105. The van der Waals surface area contributed by atoms with Crippen LogP contribution in [0.3, 0.4) is 0 Å². The maximum absolute atomic E-state index is 12.9. The maximum Gasteiger partial charge on any atom is 0.271 e. The number of fused-ring (bicyclic) bond motifs is 1. The first-order valence-electron chi connectivity index (χ1n) is 7.80. The van der Waals surface area contributed by atoms with Crippen LogP contribution in [0.25, 0.3) is 10.4 Å². The highest BCUT2D eigenvalue weighted by molar-refractivity contribution is 7.19. The Balaban J connectivity index is 1.77. The van der Waals surface area contributed by atoms with Crippen LogP contribution in [0.1, 0.15) is 20.7 Å². The van der Waals surface area contributed by atoms with Crippen molar-refractivity contribution in [2.24, 2.45) is 0 Å². The van der Waals surface area contributed by atoms with Crippen molar-refractivity contribution in [2.75, 3.05) is 19.1 Å². The SMILES string of the molecule is COc1ccc2c(c1OC)C(=O)N(c1ncc(-c3ccccc3)s1)C2=O. The minimum Gasteiger partial charge on any atom is -0.493 e. The van der Waals surface area contributed by atoms with E-state index in [0.29, 0.717) is 10.9 Å². The van der Waals surface area contributed by atoms with E-state index in [9.17, 15) is 9.59 Å². The molecule has 0 N–H and O–H groups in total. The number of hydrogen-bond acceptors (Lipinski definition) is 6. The Bertz CT molecular complexity index is 1010. The summed E-state index contributed by atoms with van der Waals surface area (Å²) < 4.78 is 10.5. The van der Waals surface area contributed by atoms with E-state index in [4.69, 9.17) is 9.47 Å². The number of rotatable bonds is 4. The summed E-state index contributed by atoms with van der Waals surface area (Å²) in [5, 5.41) is 0.330. The van der Waals surface area contributed by atoms with Crippen LogP contribution in [0.2, 0.25) is 0 Å². The highest BCUT2D eigenvalue weighted by atomic mass is 32.1. The van der Waals surface area contributed by atoms with Gasteiger partial charge in [0.15, 0.2) is 16.6 Å². The predicted molar refractivity (Wildman–Crippen MR) is 98.2 cm³/mol. The summed E-state index contributed by atoms with van der Waals surface area (Å²) in [6.07, 6.45) is 1.66. The second kappa shape index (κ2) is 6.27. The first-order chi connectivity index (χ1) is 12.7. The third kappa shape index (κ3) is 2.36. The van der Waals surface area contributed by atoms with Gasteiger partial charge in [0.2, 0.25) is 0 Å². The quantitative estimate of drug-likeness (QED) is 0.660. The van der Waals surface area contributed by atoms with Crippen molar-refractivity contribution in [1.82, 2.24) is 4.98 Å². The average Bonchev–Trinajstić information content (AvgIpc) is 3.25. The molecule has 1 aliphatic heterocycles. The number of carbonyl (C=O) groups excluding carboxylic acids is 2. The lowest BCUT2D eigenvalue weighted by Gasteiger charge is -2.10. The molecule has 0 unspecified atom stereocenters. The Morgan fingerprint density at radius 3 is 2.42 bits per heavy atom. The molecular formula is C19H14N2O4S.